The molecule has 7 heteroatoms. The van der Waals surface area contributed by atoms with Crippen LogP contribution in [0, 0.1) is 0 Å². The van der Waals surface area contributed by atoms with Gasteiger partial charge in [-0.3, -0.25) is 4.90 Å². The fourth-order valence-corrected chi connectivity index (χ4v) is 3.59. The van der Waals surface area contributed by atoms with Gasteiger partial charge in [0.15, 0.2) is 0 Å². The second kappa shape index (κ2) is 7.86. The first-order chi connectivity index (χ1) is 12.8. The zero-order valence-corrected chi connectivity index (χ0v) is 15.0. The molecule has 0 atom stereocenters. The van der Waals surface area contributed by atoms with E-state index in [2.05, 4.69) is 15.1 Å². The molecule has 138 valence electrons. The highest BCUT2D eigenvalue weighted by atomic mass is 16.4. The number of urea groups is 1. The summed E-state index contributed by atoms with van der Waals surface area (Å²) >= 11 is 0. The zero-order valence-electron chi connectivity index (χ0n) is 15.0. The van der Waals surface area contributed by atoms with Gasteiger partial charge in [0.25, 0.3) is 0 Å². The maximum atomic E-state index is 12.6. The molecule has 0 N–H and O–H groups in total. The smallest absolute Gasteiger partial charge is 0.320 e. The highest BCUT2D eigenvalue weighted by Gasteiger charge is 2.26. The van der Waals surface area contributed by atoms with Crippen molar-refractivity contribution in [2.24, 2.45) is 0 Å². The summed E-state index contributed by atoms with van der Waals surface area (Å²) in [6.45, 7) is 5.63. The van der Waals surface area contributed by atoms with Crippen LogP contribution >= 0.6 is 0 Å². The first kappa shape index (κ1) is 17.0. The maximum absolute atomic E-state index is 12.6. The number of hydrogen-bond acceptors (Lipinski definition) is 5. The number of piperidine rings is 1. The van der Waals surface area contributed by atoms with E-state index in [1.165, 1.54) is 6.42 Å². The van der Waals surface area contributed by atoms with Crippen LogP contribution in [0.2, 0.25) is 0 Å². The van der Waals surface area contributed by atoms with E-state index >= 15 is 0 Å². The fourth-order valence-electron chi connectivity index (χ4n) is 3.59. The highest BCUT2D eigenvalue weighted by Crippen LogP contribution is 2.18. The number of hydrogen-bond donors (Lipinski definition) is 0. The Labute approximate surface area is 153 Å². The van der Waals surface area contributed by atoms with E-state index in [1.54, 1.807) is 0 Å². The van der Waals surface area contributed by atoms with E-state index in [1.807, 2.05) is 40.1 Å². The SMILES string of the molecule is O=C(N1CCCCC1)N1CCN(Cc2nnc(-c3ccccc3)o2)CC1. The Morgan fingerprint density at radius 3 is 2.31 bits per heavy atom. The predicted octanol–water partition coefficient (Wildman–Crippen LogP) is 2.46. The third-order valence-corrected chi connectivity index (χ3v) is 5.12. The summed E-state index contributed by atoms with van der Waals surface area (Å²) < 4.78 is 5.79. The number of rotatable bonds is 3. The number of amides is 2. The number of carbonyl (C=O) groups excluding carboxylic acids is 1. The van der Waals surface area contributed by atoms with Crippen LogP contribution in [0.3, 0.4) is 0 Å². The number of carbonyl (C=O) groups is 1. The molecule has 0 spiro atoms. The van der Waals surface area contributed by atoms with Crippen LogP contribution in [0.15, 0.2) is 34.7 Å². The molecule has 4 rings (SSSR count). The number of benzene rings is 1. The number of likely N-dealkylation sites (tertiary alicyclic amines) is 1. The molecule has 2 saturated heterocycles. The van der Waals surface area contributed by atoms with Crippen LogP contribution < -0.4 is 0 Å². The van der Waals surface area contributed by atoms with Crippen molar-refractivity contribution in [3.8, 4) is 11.5 Å². The second-order valence-electron chi connectivity index (χ2n) is 6.96. The Balaban J connectivity index is 1.29. The van der Waals surface area contributed by atoms with E-state index in [0.717, 1.165) is 57.7 Å². The Kier molecular flexibility index (Phi) is 5.15. The molecule has 0 bridgehead atoms. The molecule has 7 nitrogen and oxygen atoms in total. The highest BCUT2D eigenvalue weighted by molar-refractivity contribution is 5.74. The van der Waals surface area contributed by atoms with E-state index < -0.39 is 0 Å². The third-order valence-electron chi connectivity index (χ3n) is 5.12. The van der Waals surface area contributed by atoms with Crippen molar-refractivity contribution in [1.82, 2.24) is 24.9 Å². The molecule has 2 aromatic rings. The molecule has 1 aromatic carbocycles. The van der Waals surface area contributed by atoms with E-state index in [0.29, 0.717) is 18.3 Å². The van der Waals surface area contributed by atoms with Crippen LogP contribution in [-0.2, 0) is 6.54 Å². The van der Waals surface area contributed by atoms with Crippen molar-refractivity contribution in [1.29, 1.82) is 0 Å². The number of piperazine rings is 1. The van der Waals surface area contributed by atoms with Crippen molar-refractivity contribution in [3.63, 3.8) is 0 Å². The Morgan fingerprint density at radius 1 is 0.885 bits per heavy atom. The minimum absolute atomic E-state index is 0.202. The predicted molar refractivity (Wildman–Crippen MR) is 97.4 cm³/mol. The van der Waals surface area contributed by atoms with Gasteiger partial charge < -0.3 is 14.2 Å². The molecule has 2 aliphatic rings. The Hall–Kier alpha value is -2.41. The lowest BCUT2D eigenvalue weighted by molar-refractivity contribution is 0.101. The van der Waals surface area contributed by atoms with E-state index in [-0.39, 0.29) is 6.03 Å². The molecule has 0 unspecified atom stereocenters. The lowest BCUT2D eigenvalue weighted by atomic mass is 10.1. The minimum Gasteiger partial charge on any atom is -0.419 e. The molecule has 0 radical (unpaired) electrons. The van der Waals surface area contributed by atoms with Crippen LogP contribution in [0.4, 0.5) is 4.79 Å². The first-order valence-electron chi connectivity index (χ1n) is 9.43. The Morgan fingerprint density at radius 2 is 1.58 bits per heavy atom. The quantitative estimate of drug-likeness (QED) is 0.846. The van der Waals surface area contributed by atoms with Crippen molar-refractivity contribution in [3.05, 3.63) is 36.2 Å². The standard InChI is InChI=1S/C19H25N5O2/c25-19(23-9-5-2-6-10-23)24-13-11-22(12-14-24)15-17-20-21-18(26-17)16-7-3-1-4-8-16/h1,3-4,7-8H,2,5-6,9-15H2. The summed E-state index contributed by atoms with van der Waals surface area (Å²) in [7, 11) is 0. The van der Waals surface area contributed by atoms with Gasteiger partial charge in [0.1, 0.15) is 0 Å². The van der Waals surface area contributed by atoms with E-state index in [4.69, 9.17) is 4.42 Å². The molecule has 2 amide bonds. The van der Waals surface area contributed by atoms with Gasteiger partial charge in [0.2, 0.25) is 11.8 Å². The average Bonchev–Trinajstić information content (AvgIpc) is 3.18. The van der Waals surface area contributed by atoms with Crippen LogP contribution in [0.1, 0.15) is 25.2 Å². The van der Waals surface area contributed by atoms with Gasteiger partial charge in [-0.1, -0.05) is 18.2 Å². The molecular formula is C19H25N5O2. The van der Waals surface area contributed by atoms with Crippen LogP contribution in [-0.4, -0.2) is 70.2 Å². The summed E-state index contributed by atoms with van der Waals surface area (Å²) in [6.07, 6.45) is 3.51. The second-order valence-corrected chi connectivity index (χ2v) is 6.96. The number of aromatic nitrogens is 2. The Bertz CT molecular complexity index is 719. The van der Waals surface area contributed by atoms with Gasteiger partial charge >= 0.3 is 6.03 Å². The van der Waals surface area contributed by atoms with Gasteiger partial charge in [-0.15, -0.1) is 10.2 Å². The third kappa shape index (κ3) is 3.88. The van der Waals surface area contributed by atoms with Crippen LogP contribution in [0.25, 0.3) is 11.5 Å². The first-order valence-corrected chi connectivity index (χ1v) is 9.43. The summed E-state index contributed by atoms with van der Waals surface area (Å²) in [4.78, 5) is 18.8. The van der Waals surface area contributed by atoms with Gasteiger partial charge in [-0.05, 0) is 31.4 Å². The van der Waals surface area contributed by atoms with Crippen molar-refractivity contribution in [2.75, 3.05) is 39.3 Å². The lowest BCUT2D eigenvalue weighted by Crippen LogP contribution is -2.53. The van der Waals surface area contributed by atoms with Crippen molar-refractivity contribution in [2.45, 2.75) is 25.8 Å². The molecule has 1 aromatic heterocycles. The summed E-state index contributed by atoms with van der Waals surface area (Å²) in [5.41, 5.74) is 0.934. The fraction of sp³-hybridized carbons (Fsp3) is 0.526. The van der Waals surface area contributed by atoms with Crippen LogP contribution in [0.5, 0.6) is 0 Å². The van der Waals surface area contributed by atoms with Gasteiger partial charge in [0.05, 0.1) is 6.54 Å². The normalized spacial score (nSPS) is 18.9. The molecule has 26 heavy (non-hydrogen) atoms. The molecule has 0 aliphatic carbocycles. The minimum atomic E-state index is 0.202. The van der Waals surface area contributed by atoms with Gasteiger partial charge in [0, 0.05) is 44.8 Å². The van der Waals surface area contributed by atoms with Gasteiger partial charge in [-0.2, -0.15) is 0 Å². The van der Waals surface area contributed by atoms with Crippen molar-refractivity contribution >= 4 is 6.03 Å². The molecular weight excluding hydrogens is 330 g/mol. The summed E-state index contributed by atoms with van der Waals surface area (Å²) in [5, 5.41) is 8.31. The maximum Gasteiger partial charge on any atom is 0.320 e. The molecule has 0 saturated carbocycles. The van der Waals surface area contributed by atoms with Gasteiger partial charge in [-0.25, -0.2) is 4.79 Å². The molecule has 2 fully saturated rings. The number of nitrogens with zero attached hydrogens (tertiary/aromatic N) is 5. The largest absolute Gasteiger partial charge is 0.419 e. The zero-order chi connectivity index (χ0) is 17.8. The van der Waals surface area contributed by atoms with E-state index in [9.17, 15) is 4.79 Å². The topological polar surface area (TPSA) is 65.7 Å². The molecule has 2 aliphatic heterocycles. The monoisotopic (exact) mass is 355 g/mol. The molecule has 3 heterocycles. The lowest BCUT2D eigenvalue weighted by Gasteiger charge is -2.38. The summed E-state index contributed by atoms with van der Waals surface area (Å²) in [6, 6.07) is 10.00. The summed E-state index contributed by atoms with van der Waals surface area (Å²) in [5.74, 6) is 1.18. The van der Waals surface area contributed by atoms with Crippen molar-refractivity contribution < 1.29 is 9.21 Å². The average molecular weight is 355 g/mol.